The molecular weight excluding hydrogens is 280 g/mol. The van der Waals surface area contributed by atoms with Crippen LogP contribution in [0.2, 0.25) is 0 Å². The van der Waals surface area contributed by atoms with Crippen LogP contribution in [-0.2, 0) is 14.8 Å². The van der Waals surface area contributed by atoms with E-state index in [0.29, 0.717) is 38.4 Å². The standard InChI is InChI=1S/C13H18N2O4S/c1-20(17,18)15-8-3-7-14(9-10-15)13(16)6-5-12-4-2-11-19-12/h2,4-6,11H,3,7-10H2,1H3/b6-5-. The predicted molar refractivity (Wildman–Crippen MR) is 75.4 cm³/mol. The third-order valence-electron chi connectivity index (χ3n) is 3.17. The van der Waals surface area contributed by atoms with Gasteiger partial charge >= 0.3 is 0 Å². The molecule has 0 atom stereocenters. The minimum atomic E-state index is -3.18. The summed E-state index contributed by atoms with van der Waals surface area (Å²) in [5.41, 5.74) is 0. The van der Waals surface area contributed by atoms with Crippen LogP contribution in [0.3, 0.4) is 0 Å². The van der Waals surface area contributed by atoms with E-state index in [-0.39, 0.29) is 5.91 Å². The van der Waals surface area contributed by atoms with Crippen molar-refractivity contribution >= 4 is 22.0 Å². The Bertz CT molecular complexity index is 578. The highest BCUT2D eigenvalue weighted by molar-refractivity contribution is 7.88. The van der Waals surface area contributed by atoms with E-state index in [1.54, 1.807) is 29.4 Å². The number of carbonyl (C=O) groups excluding carboxylic acids is 1. The molecule has 1 aromatic rings. The molecule has 7 heteroatoms. The van der Waals surface area contributed by atoms with Gasteiger partial charge in [0.2, 0.25) is 15.9 Å². The van der Waals surface area contributed by atoms with Gasteiger partial charge in [-0.3, -0.25) is 4.79 Å². The average molecular weight is 298 g/mol. The van der Waals surface area contributed by atoms with Crippen LogP contribution in [0.15, 0.2) is 28.9 Å². The molecule has 1 fully saturated rings. The monoisotopic (exact) mass is 298 g/mol. The highest BCUT2D eigenvalue weighted by Crippen LogP contribution is 2.08. The predicted octanol–water partition coefficient (Wildman–Crippen LogP) is 0.787. The van der Waals surface area contributed by atoms with Crippen LogP contribution in [0.1, 0.15) is 12.2 Å². The van der Waals surface area contributed by atoms with Gasteiger partial charge in [-0.1, -0.05) is 0 Å². The van der Waals surface area contributed by atoms with Gasteiger partial charge < -0.3 is 9.32 Å². The van der Waals surface area contributed by atoms with Crippen LogP contribution in [0.4, 0.5) is 0 Å². The van der Waals surface area contributed by atoms with Crippen molar-refractivity contribution in [1.29, 1.82) is 0 Å². The van der Waals surface area contributed by atoms with Gasteiger partial charge in [-0.05, 0) is 24.6 Å². The molecule has 0 spiro atoms. The van der Waals surface area contributed by atoms with Gasteiger partial charge in [0.25, 0.3) is 0 Å². The number of nitrogens with zero attached hydrogens (tertiary/aromatic N) is 2. The van der Waals surface area contributed by atoms with Gasteiger partial charge in [0.1, 0.15) is 5.76 Å². The molecule has 0 saturated carbocycles. The van der Waals surface area contributed by atoms with Crippen LogP contribution in [-0.4, -0.2) is 56.0 Å². The number of furan rings is 1. The highest BCUT2D eigenvalue weighted by Gasteiger charge is 2.22. The fourth-order valence-electron chi connectivity index (χ4n) is 2.09. The van der Waals surface area contributed by atoms with Crippen LogP contribution in [0.5, 0.6) is 0 Å². The molecule has 1 aliphatic rings. The van der Waals surface area contributed by atoms with Gasteiger partial charge in [-0.2, -0.15) is 0 Å². The third kappa shape index (κ3) is 3.94. The van der Waals surface area contributed by atoms with Crippen molar-refractivity contribution < 1.29 is 17.6 Å². The number of rotatable bonds is 3. The molecule has 1 aromatic heterocycles. The summed E-state index contributed by atoms with van der Waals surface area (Å²) in [5.74, 6) is 0.489. The molecular formula is C13H18N2O4S. The molecule has 2 rings (SSSR count). The molecule has 1 amide bonds. The summed E-state index contributed by atoms with van der Waals surface area (Å²) >= 11 is 0. The van der Waals surface area contributed by atoms with E-state index < -0.39 is 10.0 Å². The summed E-state index contributed by atoms with van der Waals surface area (Å²) in [4.78, 5) is 13.7. The summed E-state index contributed by atoms with van der Waals surface area (Å²) in [6.45, 7) is 1.78. The van der Waals surface area contributed by atoms with Gasteiger partial charge in [-0.25, -0.2) is 12.7 Å². The SMILES string of the molecule is CS(=O)(=O)N1CCCN(C(=O)/C=C\c2ccco2)CC1. The lowest BCUT2D eigenvalue weighted by atomic mass is 10.3. The Morgan fingerprint density at radius 2 is 2.10 bits per heavy atom. The zero-order valence-corrected chi connectivity index (χ0v) is 12.2. The Labute approximate surface area is 118 Å². The maximum absolute atomic E-state index is 12.0. The molecule has 0 aromatic carbocycles. The van der Waals surface area contributed by atoms with Crippen LogP contribution >= 0.6 is 0 Å². The normalized spacial score (nSPS) is 18.4. The summed E-state index contributed by atoms with van der Waals surface area (Å²) in [6, 6.07) is 3.51. The Balaban J connectivity index is 1.95. The van der Waals surface area contributed by atoms with Crippen molar-refractivity contribution in [2.75, 3.05) is 32.4 Å². The minimum Gasteiger partial charge on any atom is -0.465 e. The smallest absolute Gasteiger partial charge is 0.246 e. The molecule has 20 heavy (non-hydrogen) atoms. The van der Waals surface area contributed by atoms with Crippen LogP contribution < -0.4 is 0 Å². The molecule has 0 bridgehead atoms. The number of amides is 1. The lowest BCUT2D eigenvalue weighted by molar-refractivity contribution is -0.125. The quantitative estimate of drug-likeness (QED) is 0.773. The van der Waals surface area contributed by atoms with E-state index >= 15 is 0 Å². The first-order valence-corrected chi connectivity index (χ1v) is 8.27. The Morgan fingerprint density at radius 1 is 1.30 bits per heavy atom. The molecule has 0 aliphatic carbocycles. The lowest BCUT2D eigenvalue weighted by Gasteiger charge is -2.19. The molecule has 110 valence electrons. The van der Waals surface area contributed by atoms with Gasteiger partial charge in [-0.15, -0.1) is 0 Å². The maximum atomic E-state index is 12.0. The summed E-state index contributed by atoms with van der Waals surface area (Å²) in [5, 5.41) is 0. The largest absolute Gasteiger partial charge is 0.465 e. The van der Waals surface area contributed by atoms with Crippen LogP contribution in [0, 0.1) is 0 Å². The maximum Gasteiger partial charge on any atom is 0.246 e. The zero-order chi connectivity index (χ0) is 14.6. The van der Waals surface area contributed by atoms with Gasteiger partial charge in [0, 0.05) is 32.3 Å². The first-order chi connectivity index (χ1) is 9.47. The van der Waals surface area contributed by atoms with Gasteiger partial charge in [0.05, 0.1) is 12.5 Å². The second-order valence-corrected chi connectivity index (χ2v) is 6.67. The minimum absolute atomic E-state index is 0.128. The summed E-state index contributed by atoms with van der Waals surface area (Å²) in [7, 11) is -3.18. The lowest BCUT2D eigenvalue weighted by Crippen LogP contribution is -2.36. The first kappa shape index (κ1) is 14.8. The van der Waals surface area contributed by atoms with E-state index in [1.165, 1.54) is 16.6 Å². The third-order valence-corrected chi connectivity index (χ3v) is 4.47. The topological polar surface area (TPSA) is 70.8 Å². The van der Waals surface area contributed by atoms with Crippen molar-refractivity contribution in [3.63, 3.8) is 0 Å². The average Bonchev–Trinajstić information content (AvgIpc) is 2.76. The Morgan fingerprint density at radius 3 is 2.75 bits per heavy atom. The van der Waals surface area contributed by atoms with Gasteiger partial charge in [0.15, 0.2) is 0 Å². The van der Waals surface area contributed by atoms with E-state index in [9.17, 15) is 13.2 Å². The van der Waals surface area contributed by atoms with Crippen molar-refractivity contribution in [3.8, 4) is 0 Å². The first-order valence-electron chi connectivity index (χ1n) is 6.42. The summed E-state index contributed by atoms with van der Waals surface area (Å²) in [6.07, 6.45) is 6.45. The fourth-order valence-corrected chi connectivity index (χ4v) is 2.96. The van der Waals surface area contributed by atoms with E-state index in [1.807, 2.05) is 0 Å². The molecule has 6 nitrogen and oxygen atoms in total. The Hall–Kier alpha value is -1.60. The second kappa shape index (κ2) is 6.23. The molecule has 1 saturated heterocycles. The van der Waals surface area contributed by atoms with E-state index in [2.05, 4.69) is 0 Å². The van der Waals surface area contributed by atoms with Crippen LogP contribution in [0.25, 0.3) is 6.08 Å². The number of hydrogen-bond donors (Lipinski definition) is 0. The van der Waals surface area contributed by atoms with Crippen molar-refractivity contribution in [2.24, 2.45) is 0 Å². The summed E-state index contributed by atoms with van der Waals surface area (Å²) < 4.78 is 29.5. The Kier molecular flexibility index (Phi) is 4.61. The highest BCUT2D eigenvalue weighted by atomic mass is 32.2. The molecule has 1 aliphatic heterocycles. The van der Waals surface area contributed by atoms with E-state index in [4.69, 9.17) is 4.42 Å². The van der Waals surface area contributed by atoms with Crippen molar-refractivity contribution in [1.82, 2.24) is 9.21 Å². The number of sulfonamides is 1. The zero-order valence-electron chi connectivity index (χ0n) is 11.4. The number of hydrogen-bond acceptors (Lipinski definition) is 4. The van der Waals surface area contributed by atoms with E-state index in [0.717, 1.165) is 0 Å². The fraction of sp³-hybridized carbons (Fsp3) is 0.462. The molecule has 0 unspecified atom stereocenters. The molecule has 0 radical (unpaired) electrons. The molecule has 2 heterocycles. The van der Waals surface area contributed by atoms with Crippen molar-refractivity contribution in [2.45, 2.75) is 6.42 Å². The van der Waals surface area contributed by atoms with Crippen molar-refractivity contribution in [3.05, 3.63) is 30.2 Å². The molecule has 0 N–H and O–H groups in total. The number of carbonyl (C=O) groups is 1. The second-order valence-electron chi connectivity index (χ2n) is 4.69.